The molecule has 3 N–H and O–H groups in total. The molecule has 2 atom stereocenters. The van der Waals surface area contributed by atoms with Crippen molar-refractivity contribution in [2.45, 2.75) is 25.8 Å². The molecule has 0 bridgehead atoms. The Morgan fingerprint density at radius 1 is 1.75 bits per heavy atom. The van der Waals surface area contributed by atoms with Crippen LogP contribution in [0.2, 0.25) is 0 Å². The van der Waals surface area contributed by atoms with Crippen LogP contribution in [0.3, 0.4) is 0 Å². The maximum atomic E-state index is 12.0. The number of hydrogen-bond acceptors (Lipinski definition) is 4. The van der Waals surface area contributed by atoms with Gasteiger partial charge in [-0.1, -0.05) is 5.16 Å². The highest BCUT2D eigenvalue weighted by Gasteiger charge is 2.28. The van der Waals surface area contributed by atoms with Crippen molar-refractivity contribution in [3.8, 4) is 0 Å². The van der Waals surface area contributed by atoms with Crippen LogP contribution in [-0.4, -0.2) is 46.4 Å². The first-order valence-electron chi connectivity index (χ1n) is 5.37. The van der Waals surface area contributed by atoms with Crippen molar-refractivity contribution in [3.63, 3.8) is 0 Å². The predicted octanol–water partition coefficient (Wildman–Crippen LogP) is 0.723. The summed E-state index contributed by atoms with van der Waals surface area (Å²) in [5, 5.41) is 11.4. The van der Waals surface area contributed by atoms with Gasteiger partial charge in [-0.3, -0.25) is 4.79 Å². The number of hydrogen-bond donors (Lipinski definition) is 2. The number of carbonyl (C=O) groups is 1. The van der Waals surface area contributed by atoms with Crippen molar-refractivity contribution in [1.82, 2.24) is 4.90 Å². The van der Waals surface area contributed by atoms with Crippen molar-refractivity contribution in [2.24, 2.45) is 16.8 Å². The van der Waals surface area contributed by atoms with Gasteiger partial charge in [-0.05, 0) is 19.1 Å². The molecule has 5 nitrogen and oxygen atoms in total. The third-order valence-electron chi connectivity index (χ3n) is 2.92. The fraction of sp³-hybridized carbons (Fsp3) is 0.800. The highest BCUT2D eigenvalue weighted by atomic mass is 32.2. The third-order valence-corrected chi connectivity index (χ3v) is 4.08. The zero-order chi connectivity index (χ0) is 12.1. The van der Waals surface area contributed by atoms with Gasteiger partial charge in [-0.15, -0.1) is 0 Å². The van der Waals surface area contributed by atoms with Gasteiger partial charge in [-0.2, -0.15) is 11.8 Å². The third kappa shape index (κ3) is 3.30. The second-order valence-corrected chi connectivity index (χ2v) is 5.30. The summed E-state index contributed by atoms with van der Waals surface area (Å²) in [6.07, 6.45) is 1.36. The van der Waals surface area contributed by atoms with Gasteiger partial charge in [0.05, 0.1) is 0 Å². The Balaban J connectivity index is 2.48. The molecule has 0 aliphatic carbocycles. The Morgan fingerprint density at radius 3 is 2.94 bits per heavy atom. The molecule has 1 saturated heterocycles. The second-order valence-electron chi connectivity index (χ2n) is 4.15. The molecule has 0 aromatic carbocycles. The predicted molar refractivity (Wildman–Crippen MR) is 65.7 cm³/mol. The quantitative estimate of drug-likeness (QED) is 0.331. The minimum Gasteiger partial charge on any atom is -0.409 e. The number of thioether (sulfide) groups is 1. The number of nitrogens with zero attached hydrogens (tertiary/aromatic N) is 2. The zero-order valence-electron chi connectivity index (χ0n) is 9.72. The first-order valence-corrected chi connectivity index (χ1v) is 6.52. The van der Waals surface area contributed by atoms with Crippen LogP contribution in [-0.2, 0) is 4.79 Å². The van der Waals surface area contributed by atoms with Crippen LogP contribution in [0.4, 0.5) is 0 Å². The van der Waals surface area contributed by atoms with Gasteiger partial charge in [-0.25, -0.2) is 0 Å². The maximum Gasteiger partial charge on any atom is 0.226 e. The minimum atomic E-state index is -0.0333. The molecule has 16 heavy (non-hydrogen) atoms. The molecule has 92 valence electrons. The molecule has 1 rings (SSSR count). The standard InChI is InChI=1S/C10H19N3O2S/c1-7(5-9(11)12-15)13(2)10(14)8-3-4-16-6-8/h7-8,15H,3-6H2,1-2H3,(H2,11,12). The molecule has 1 amide bonds. The average molecular weight is 245 g/mol. The molecule has 0 aromatic rings. The van der Waals surface area contributed by atoms with Crippen molar-refractivity contribution in [2.75, 3.05) is 18.6 Å². The van der Waals surface area contributed by atoms with Crippen molar-refractivity contribution < 1.29 is 10.0 Å². The van der Waals surface area contributed by atoms with Crippen molar-refractivity contribution in [1.29, 1.82) is 0 Å². The van der Waals surface area contributed by atoms with E-state index in [0.717, 1.165) is 17.9 Å². The maximum absolute atomic E-state index is 12.0. The topological polar surface area (TPSA) is 78.9 Å². The summed E-state index contributed by atoms with van der Waals surface area (Å²) in [5.74, 6) is 2.46. The van der Waals surface area contributed by atoms with Crippen LogP contribution in [0.15, 0.2) is 5.16 Å². The number of amidine groups is 1. The van der Waals surface area contributed by atoms with E-state index < -0.39 is 0 Å². The summed E-state index contributed by atoms with van der Waals surface area (Å²) in [4.78, 5) is 13.7. The Labute approximate surface area is 100 Å². The summed E-state index contributed by atoms with van der Waals surface area (Å²) >= 11 is 1.82. The average Bonchev–Trinajstić information content (AvgIpc) is 2.80. The Bertz CT molecular complexity index is 277. The van der Waals surface area contributed by atoms with Crippen LogP contribution in [0.25, 0.3) is 0 Å². The van der Waals surface area contributed by atoms with Crippen LogP contribution < -0.4 is 5.73 Å². The fourth-order valence-electron chi connectivity index (χ4n) is 1.71. The molecule has 6 heteroatoms. The summed E-state index contributed by atoms with van der Waals surface area (Å²) in [5.41, 5.74) is 5.42. The van der Waals surface area contributed by atoms with E-state index in [4.69, 9.17) is 10.9 Å². The lowest BCUT2D eigenvalue weighted by Crippen LogP contribution is -2.41. The molecule has 0 radical (unpaired) electrons. The Kier molecular flexibility index (Phi) is 4.92. The van der Waals surface area contributed by atoms with E-state index in [1.807, 2.05) is 18.7 Å². The number of amides is 1. The van der Waals surface area contributed by atoms with Crippen LogP contribution in [0, 0.1) is 5.92 Å². The van der Waals surface area contributed by atoms with Gasteiger partial charge in [0, 0.05) is 31.2 Å². The van der Waals surface area contributed by atoms with Gasteiger partial charge in [0.25, 0.3) is 0 Å². The Morgan fingerprint density at radius 2 is 2.44 bits per heavy atom. The zero-order valence-corrected chi connectivity index (χ0v) is 10.5. The van der Waals surface area contributed by atoms with E-state index in [1.54, 1.807) is 11.9 Å². The molecular weight excluding hydrogens is 226 g/mol. The lowest BCUT2D eigenvalue weighted by atomic mass is 10.1. The fourth-order valence-corrected chi connectivity index (χ4v) is 2.93. The highest BCUT2D eigenvalue weighted by Crippen LogP contribution is 2.25. The minimum absolute atomic E-state index is 0.0333. The molecular formula is C10H19N3O2S. The van der Waals surface area contributed by atoms with E-state index in [9.17, 15) is 4.79 Å². The van der Waals surface area contributed by atoms with Gasteiger partial charge in [0.2, 0.25) is 5.91 Å². The first-order chi connectivity index (χ1) is 7.56. The molecule has 0 spiro atoms. The summed E-state index contributed by atoms with van der Waals surface area (Å²) in [7, 11) is 1.78. The highest BCUT2D eigenvalue weighted by molar-refractivity contribution is 7.99. The van der Waals surface area contributed by atoms with E-state index in [2.05, 4.69) is 5.16 Å². The van der Waals surface area contributed by atoms with Gasteiger partial charge < -0.3 is 15.8 Å². The SMILES string of the molecule is CC(CC(N)=NO)N(C)C(=O)C1CCSC1. The molecule has 2 unspecified atom stereocenters. The van der Waals surface area contributed by atoms with E-state index in [1.165, 1.54) is 0 Å². The van der Waals surface area contributed by atoms with Crippen LogP contribution in [0.1, 0.15) is 19.8 Å². The normalized spacial score (nSPS) is 23.1. The summed E-state index contributed by atoms with van der Waals surface area (Å²) in [6.45, 7) is 1.90. The molecule has 1 aliphatic rings. The van der Waals surface area contributed by atoms with E-state index in [0.29, 0.717) is 6.42 Å². The number of nitrogens with two attached hydrogens (primary N) is 1. The second kappa shape index (κ2) is 5.98. The summed E-state index contributed by atoms with van der Waals surface area (Å²) < 4.78 is 0. The van der Waals surface area contributed by atoms with Crippen LogP contribution in [0.5, 0.6) is 0 Å². The number of oxime groups is 1. The lowest BCUT2D eigenvalue weighted by molar-refractivity contribution is -0.135. The Hall–Kier alpha value is -0.910. The van der Waals surface area contributed by atoms with Crippen molar-refractivity contribution >= 4 is 23.5 Å². The first kappa shape index (κ1) is 13.2. The summed E-state index contributed by atoms with van der Waals surface area (Å²) in [6, 6.07) is -0.0333. The monoisotopic (exact) mass is 245 g/mol. The smallest absolute Gasteiger partial charge is 0.226 e. The molecule has 1 aliphatic heterocycles. The van der Waals surface area contributed by atoms with Crippen molar-refractivity contribution in [3.05, 3.63) is 0 Å². The molecule has 0 saturated carbocycles. The van der Waals surface area contributed by atoms with Gasteiger partial charge in [0.1, 0.15) is 5.84 Å². The van der Waals surface area contributed by atoms with Gasteiger partial charge >= 0.3 is 0 Å². The van der Waals surface area contributed by atoms with Crippen LogP contribution >= 0.6 is 11.8 Å². The largest absolute Gasteiger partial charge is 0.409 e. The van der Waals surface area contributed by atoms with Gasteiger partial charge in [0.15, 0.2) is 0 Å². The molecule has 1 fully saturated rings. The lowest BCUT2D eigenvalue weighted by Gasteiger charge is -2.27. The van der Waals surface area contributed by atoms with E-state index >= 15 is 0 Å². The molecule has 1 heterocycles. The van der Waals surface area contributed by atoms with E-state index in [-0.39, 0.29) is 23.7 Å². The number of rotatable bonds is 4. The molecule has 0 aromatic heterocycles. The number of carbonyl (C=O) groups excluding carboxylic acids is 1.